The number of sulfonamides is 1. The van der Waals surface area contributed by atoms with Crippen molar-refractivity contribution in [3.05, 3.63) is 28.7 Å². The number of halogens is 1. The van der Waals surface area contributed by atoms with Crippen LogP contribution in [-0.2, 0) is 10.0 Å². The zero-order chi connectivity index (χ0) is 14.6. The van der Waals surface area contributed by atoms with E-state index in [4.69, 9.17) is 0 Å². The quantitative estimate of drug-likeness (QED) is 0.758. The normalized spacial score (nSPS) is 11.5. The van der Waals surface area contributed by atoms with Crippen molar-refractivity contribution in [1.82, 2.24) is 10.2 Å². The van der Waals surface area contributed by atoms with Crippen LogP contribution in [0.5, 0.6) is 0 Å². The maximum absolute atomic E-state index is 12.1. The van der Waals surface area contributed by atoms with Gasteiger partial charge in [0, 0.05) is 10.2 Å². The van der Waals surface area contributed by atoms with E-state index in [-0.39, 0.29) is 10.0 Å². The second-order valence-corrected chi connectivity index (χ2v) is 8.70. The van der Waals surface area contributed by atoms with Crippen LogP contribution in [0, 0.1) is 0 Å². The molecule has 1 aromatic heterocycles. The van der Waals surface area contributed by atoms with E-state index >= 15 is 0 Å². The summed E-state index contributed by atoms with van der Waals surface area (Å²) in [6, 6.07) is 6.41. The Morgan fingerprint density at radius 3 is 2.65 bits per heavy atom. The minimum atomic E-state index is -3.61. The highest BCUT2D eigenvalue weighted by atomic mass is 79.9. The smallest absolute Gasteiger partial charge is 0.253 e. The molecule has 108 valence electrons. The van der Waals surface area contributed by atoms with Crippen molar-refractivity contribution >= 4 is 54.2 Å². The maximum Gasteiger partial charge on any atom is 0.263 e. The number of nitrogens with one attached hydrogen (secondary N) is 1. The molecule has 1 heterocycles. The summed E-state index contributed by atoms with van der Waals surface area (Å²) in [5.74, 6) is 0.939. The third-order valence-electron chi connectivity index (χ3n) is 2.18. The van der Waals surface area contributed by atoms with Gasteiger partial charge >= 0.3 is 0 Å². The second-order valence-electron chi connectivity index (χ2n) is 3.78. The molecular weight excluding hydrogens is 382 g/mol. The van der Waals surface area contributed by atoms with E-state index in [2.05, 4.69) is 37.8 Å². The average Bonchev–Trinajstić information content (AvgIpc) is 2.83. The van der Waals surface area contributed by atoms with E-state index in [0.717, 1.165) is 21.0 Å². The van der Waals surface area contributed by atoms with E-state index in [9.17, 15) is 8.42 Å². The number of benzene rings is 1. The Bertz CT molecular complexity index is 670. The zero-order valence-corrected chi connectivity index (χ0v) is 14.6. The maximum atomic E-state index is 12.1. The molecule has 0 unspecified atom stereocenters. The van der Waals surface area contributed by atoms with Crippen LogP contribution in [0.1, 0.15) is 13.3 Å². The largest absolute Gasteiger partial charge is 0.263 e. The fourth-order valence-corrected chi connectivity index (χ4v) is 4.46. The highest BCUT2D eigenvalue weighted by Crippen LogP contribution is 2.27. The molecule has 0 aliphatic rings. The summed E-state index contributed by atoms with van der Waals surface area (Å²) < 4.78 is 28.3. The van der Waals surface area contributed by atoms with Gasteiger partial charge in [-0.25, -0.2) is 8.42 Å². The van der Waals surface area contributed by atoms with Crippen molar-refractivity contribution in [3.63, 3.8) is 0 Å². The standard InChI is InChI=1S/C11H12BrN3O2S3/c1-2-7-18-11-14-13-10(19-11)15-20(16,17)9-5-3-8(12)4-6-9/h3-6H,2,7H2,1H3,(H,13,15). The van der Waals surface area contributed by atoms with Crippen molar-refractivity contribution < 1.29 is 8.42 Å². The fourth-order valence-electron chi connectivity index (χ4n) is 1.29. The van der Waals surface area contributed by atoms with Crippen molar-refractivity contribution in [2.45, 2.75) is 22.6 Å². The third-order valence-corrected chi connectivity index (χ3v) is 6.37. The van der Waals surface area contributed by atoms with E-state index in [1.165, 1.54) is 23.5 Å². The first-order valence-corrected chi connectivity index (χ1v) is 9.84. The molecular formula is C11H12BrN3O2S3. The molecule has 0 atom stereocenters. The first-order valence-electron chi connectivity index (χ1n) is 5.76. The molecule has 9 heteroatoms. The first-order chi connectivity index (χ1) is 9.51. The fraction of sp³-hybridized carbons (Fsp3) is 0.273. The van der Waals surface area contributed by atoms with Gasteiger partial charge in [0.05, 0.1) is 4.90 Å². The van der Waals surface area contributed by atoms with Gasteiger partial charge in [0.1, 0.15) is 0 Å². The first kappa shape index (κ1) is 15.7. The number of aromatic nitrogens is 2. The number of hydrogen-bond donors (Lipinski definition) is 1. The van der Waals surface area contributed by atoms with E-state index < -0.39 is 10.0 Å². The predicted octanol–water partition coefficient (Wildman–Crippen LogP) is 3.60. The molecule has 1 N–H and O–H groups in total. The van der Waals surface area contributed by atoms with Gasteiger partial charge in [-0.2, -0.15) is 0 Å². The molecule has 0 aliphatic carbocycles. The Hall–Kier alpha value is -0.640. The van der Waals surface area contributed by atoms with Crippen LogP contribution in [0.3, 0.4) is 0 Å². The summed E-state index contributed by atoms with van der Waals surface area (Å²) >= 11 is 6.08. The number of rotatable bonds is 6. The Labute approximate surface area is 134 Å². The number of anilines is 1. The van der Waals surface area contributed by atoms with Crippen LogP contribution in [0.25, 0.3) is 0 Å². The van der Waals surface area contributed by atoms with E-state index in [0.29, 0.717) is 0 Å². The minimum Gasteiger partial charge on any atom is -0.253 e. The molecule has 0 saturated carbocycles. The average molecular weight is 394 g/mol. The summed E-state index contributed by atoms with van der Waals surface area (Å²) in [7, 11) is -3.61. The molecule has 5 nitrogen and oxygen atoms in total. The molecule has 0 spiro atoms. The second kappa shape index (κ2) is 6.88. The highest BCUT2D eigenvalue weighted by molar-refractivity contribution is 9.10. The Balaban J connectivity index is 2.12. The van der Waals surface area contributed by atoms with Gasteiger partial charge < -0.3 is 0 Å². The lowest BCUT2D eigenvalue weighted by Crippen LogP contribution is -2.12. The van der Waals surface area contributed by atoms with Crippen molar-refractivity contribution in [2.24, 2.45) is 0 Å². The number of hydrogen-bond acceptors (Lipinski definition) is 6. The van der Waals surface area contributed by atoms with Crippen LogP contribution in [0.4, 0.5) is 5.13 Å². The van der Waals surface area contributed by atoms with Gasteiger partial charge in [-0.15, -0.1) is 10.2 Å². The molecule has 0 fully saturated rings. The molecule has 0 aliphatic heterocycles. The summed E-state index contributed by atoms with van der Waals surface area (Å²) in [4.78, 5) is 0.193. The van der Waals surface area contributed by atoms with Gasteiger partial charge in [-0.1, -0.05) is 46.0 Å². The van der Waals surface area contributed by atoms with E-state index in [1.807, 2.05) is 0 Å². The Kier molecular flexibility index (Phi) is 5.42. The van der Waals surface area contributed by atoms with Gasteiger partial charge in [-0.05, 0) is 30.7 Å². The summed E-state index contributed by atoms with van der Waals surface area (Å²) in [5.41, 5.74) is 0. The van der Waals surface area contributed by atoms with Gasteiger partial charge in [0.2, 0.25) is 5.13 Å². The van der Waals surface area contributed by atoms with Crippen LogP contribution < -0.4 is 4.72 Å². The lowest BCUT2D eigenvalue weighted by atomic mass is 10.4. The zero-order valence-electron chi connectivity index (χ0n) is 10.5. The van der Waals surface area contributed by atoms with Crippen molar-refractivity contribution in [2.75, 3.05) is 10.5 Å². The summed E-state index contributed by atoms with van der Waals surface area (Å²) in [6.07, 6.45) is 1.03. The monoisotopic (exact) mass is 393 g/mol. The Morgan fingerprint density at radius 2 is 2.00 bits per heavy atom. The topological polar surface area (TPSA) is 72.0 Å². The van der Waals surface area contributed by atoms with Gasteiger partial charge in [0.15, 0.2) is 4.34 Å². The van der Waals surface area contributed by atoms with Crippen LogP contribution in [0.15, 0.2) is 38.0 Å². The number of nitrogens with zero attached hydrogens (tertiary/aromatic N) is 2. The lowest BCUT2D eigenvalue weighted by Gasteiger charge is -2.04. The highest BCUT2D eigenvalue weighted by Gasteiger charge is 2.16. The number of thioether (sulfide) groups is 1. The van der Waals surface area contributed by atoms with Crippen LogP contribution >= 0.6 is 39.0 Å². The van der Waals surface area contributed by atoms with Crippen molar-refractivity contribution in [1.29, 1.82) is 0 Å². The van der Waals surface area contributed by atoms with Gasteiger partial charge in [0.25, 0.3) is 10.0 Å². The third kappa shape index (κ3) is 4.18. The summed E-state index contributed by atoms with van der Waals surface area (Å²) in [5, 5.41) is 8.07. The molecule has 0 bridgehead atoms. The molecule has 0 amide bonds. The molecule has 1 aromatic carbocycles. The molecule has 0 saturated heterocycles. The van der Waals surface area contributed by atoms with Crippen LogP contribution in [-0.4, -0.2) is 24.4 Å². The SMILES string of the molecule is CCCSc1nnc(NS(=O)(=O)c2ccc(Br)cc2)s1. The molecule has 2 aromatic rings. The molecule has 2 rings (SSSR count). The Morgan fingerprint density at radius 1 is 1.30 bits per heavy atom. The van der Waals surface area contributed by atoms with E-state index in [1.54, 1.807) is 23.9 Å². The molecule has 0 radical (unpaired) electrons. The lowest BCUT2D eigenvalue weighted by molar-refractivity contribution is 0.601. The minimum absolute atomic E-state index is 0.193. The predicted molar refractivity (Wildman–Crippen MR) is 85.9 cm³/mol. The van der Waals surface area contributed by atoms with Gasteiger partial charge in [-0.3, -0.25) is 4.72 Å². The molecule has 20 heavy (non-hydrogen) atoms. The van der Waals surface area contributed by atoms with Crippen molar-refractivity contribution in [3.8, 4) is 0 Å². The van der Waals surface area contributed by atoms with Crippen LogP contribution in [0.2, 0.25) is 0 Å². The summed E-state index contributed by atoms with van der Waals surface area (Å²) in [6.45, 7) is 2.07.